The van der Waals surface area contributed by atoms with Crippen molar-refractivity contribution < 1.29 is 13.6 Å². The van der Waals surface area contributed by atoms with Crippen molar-refractivity contribution in [1.82, 2.24) is 9.97 Å². The van der Waals surface area contributed by atoms with Crippen LogP contribution in [0.3, 0.4) is 0 Å². The van der Waals surface area contributed by atoms with E-state index in [-0.39, 0.29) is 18.0 Å². The minimum atomic E-state index is -0.698. The molecule has 140 valence electrons. The average molecular weight is 378 g/mol. The molecule has 3 N–H and O–H groups in total. The molecule has 7 heteroatoms. The van der Waals surface area contributed by atoms with Gasteiger partial charge < -0.3 is 15.6 Å². The Morgan fingerprint density at radius 3 is 2.71 bits per heavy atom. The highest BCUT2D eigenvalue weighted by atomic mass is 19.1. The summed E-state index contributed by atoms with van der Waals surface area (Å²) in [4.78, 5) is 19.6. The zero-order chi connectivity index (χ0) is 19.5. The number of halogens is 2. The maximum atomic E-state index is 13.7. The van der Waals surface area contributed by atoms with Crippen molar-refractivity contribution in [2.75, 3.05) is 10.6 Å². The zero-order valence-electron chi connectivity index (χ0n) is 14.7. The number of H-pyrrole nitrogens is 1. The van der Waals surface area contributed by atoms with Gasteiger partial charge in [0.05, 0.1) is 24.0 Å². The van der Waals surface area contributed by atoms with Crippen LogP contribution in [0, 0.1) is 11.6 Å². The summed E-state index contributed by atoms with van der Waals surface area (Å²) in [6.45, 7) is 0. The van der Waals surface area contributed by atoms with Crippen LogP contribution in [0.2, 0.25) is 0 Å². The maximum absolute atomic E-state index is 13.7. The zero-order valence-corrected chi connectivity index (χ0v) is 14.7. The number of amides is 1. The molecule has 0 aliphatic heterocycles. The second-order valence-corrected chi connectivity index (χ2v) is 6.27. The number of hydrogen-bond acceptors (Lipinski definition) is 3. The van der Waals surface area contributed by atoms with Gasteiger partial charge in [-0.05, 0) is 35.9 Å². The van der Waals surface area contributed by atoms with Crippen LogP contribution >= 0.6 is 0 Å². The number of carbonyl (C=O) groups excluding carboxylic acids is 1. The Hall–Kier alpha value is -3.74. The van der Waals surface area contributed by atoms with E-state index in [9.17, 15) is 13.6 Å². The molecule has 0 aliphatic rings. The standard InChI is InChI=1S/C21H16F2N4O/c22-14-5-7-19(17(23)10-14)26-15-6-8-20(25-12-15)27-21(28)9-13-11-24-18-4-2-1-3-16(13)18/h1-8,10-12,24,26H,9H2,(H,25,27,28). The molecule has 0 spiro atoms. The van der Waals surface area contributed by atoms with Crippen molar-refractivity contribution in [2.45, 2.75) is 6.42 Å². The van der Waals surface area contributed by atoms with Gasteiger partial charge in [-0.1, -0.05) is 18.2 Å². The van der Waals surface area contributed by atoms with Gasteiger partial charge in [0.1, 0.15) is 17.5 Å². The molecule has 2 heterocycles. The summed E-state index contributed by atoms with van der Waals surface area (Å²) >= 11 is 0. The van der Waals surface area contributed by atoms with E-state index in [4.69, 9.17) is 0 Å². The fraction of sp³-hybridized carbons (Fsp3) is 0.0476. The number of para-hydroxylation sites is 1. The summed E-state index contributed by atoms with van der Waals surface area (Å²) in [5.41, 5.74) is 2.53. The van der Waals surface area contributed by atoms with Gasteiger partial charge in [0, 0.05) is 23.2 Å². The van der Waals surface area contributed by atoms with Gasteiger partial charge in [0.2, 0.25) is 5.91 Å². The third-order valence-corrected chi connectivity index (χ3v) is 4.27. The summed E-state index contributed by atoms with van der Waals surface area (Å²) in [5.74, 6) is -1.15. The lowest BCUT2D eigenvalue weighted by atomic mass is 10.1. The lowest BCUT2D eigenvalue weighted by Gasteiger charge is -2.09. The summed E-state index contributed by atoms with van der Waals surface area (Å²) in [7, 11) is 0. The Balaban J connectivity index is 1.40. The monoisotopic (exact) mass is 378 g/mol. The van der Waals surface area contributed by atoms with Gasteiger partial charge in [-0.3, -0.25) is 4.79 Å². The number of nitrogens with one attached hydrogen (secondary N) is 3. The SMILES string of the molecule is O=C(Cc1c[nH]c2ccccc12)Nc1ccc(Nc2ccc(F)cc2F)cn1. The third-order valence-electron chi connectivity index (χ3n) is 4.27. The van der Waals surface area contributed by atoms with E-state index in [0.717, 1.165) is 28.6 Å². The molecule has 2 aromatic carbocycles. The summed E-state index contributed by atoms with van der Waals surface area (Å²) in [6.07, 6.45) is 3.50. The van der Waals surface area contributed by atoms with Gasteiger partial charge in [-0.25, -0.2) is 13.8 Å². The third kappa shape index (κ3) is 3.83. The Labute approximate surface area is 159 Å². The summed E-state index contributed by atoms with van der Waals surface area (Å²) in [6, 6.07) is 14.3. The van der Waals surface area contributed by atoms with E-state index in [1.165, 1.54) is 12.3 Å². The van der Waals surface area contributed by atoms with Crippen LogP contribution < -0.4 is 10.6 Å². The molecule has 0 saturated heterocycles. The topological polar surface area (TPSA) is 69.8 Å². The van der Waals surface area contributed by atoms with Crippen LogP contribution in [-0.4, -0.2) is 15.9 Å². The fourth-order valence-corrected chi connectivity index (χ4v) is 2.93. The van der Waals surface area contributed by atoms with Crippen molar-refractivity contribution in [3.05, 3.63) is 84.2 Å². The van der Waals surface area contributed by atoms with Crippen molar-refractivity contribution in [3.63, 3.8) is 0 Å². The summed E-state index contributed by atoms with van der Waals surface area (Å²) in [5, 5.41) is 6.56. The van der Waals surface area contributed by atoms with Crippen molar-refractivity contribution in [2.24, 2.45) is 0 Å². The van der Waals surface area contributed by atoms with Crippen LogP contribution in [0.15, 0.2) is 67.0 Å². The highest BCUT2D eigenvalue weighted by molar-refractivity contribution is 5.95. The quantitative estimate of drug-likeness (QED) is 0.469. The van der Waals surface area contributed by atoms with Crippen LogP contribution in [0.5, 0.6) is 0 Å². The van der Waals surface area contributed by atoms with E-state index in [1.807, 2.05) is 30.5 Å². The van der Waals surface area contributed by atoms with Crippen LogP contribution in [0.25, 0.3) is 10.9 Å². The number of carbonyl (C=O) groups is 1. The molecule has 0 radical (unpaired) electrons. The van der Waals surface area contributed by atoms with Crippen LogP contribution in [0.4, 0.5) is 26.0 Å². The Bertz CT molecular complexity index is 1140. The Kier molecular flexibility index (Phi) is 4.72. The fourth-order valence-electron chi connectivity index (χ4n) is 2.93. The molecule has 0 bridgehead atoms. The molecule has 0 fully saturated rings. The van der Waals surface area contributed by atoms with E-state index in [1.54, 1.807) is 12.1 Å². The number of nitrogens with zero attached hydrogens (tertiary/aromatic N) is 1. The van der Waals surface area contributed by atoms with E-state index in [0.29, 0.717) is 11.5 Å². The number of benzene rings is 2. The average Bonchev–Trinajstić information content (AvgIpc) is 3.08. The second-order valence-electron chi connectivity index (χ2n) is 6.27. The normalized spacial score (nSPS) is 10.8. The highest BCUT2D eigenvalue weighted by Crippen LogP contribution is 2.21. The van der Waals surface area contributed by atoms with E-state index < -0.39 is 11.6 Å². The molecule has 0 saturated carbocycles. The number of fused-ring (bicyclic) bond motifs is 1. The van der Waals surface area contributed by atoms with Crippen molar-refractivity contribution in [3.8, 4) is 0 Å². The number of aromatic amines is 1. The molecular formula is C21H16F2N4O. The largest absolute Gasteiger partial charge is 0.361 e. The van der Waals surface area contributed by atoms with Gasteiger partial charge in [0.15, 0.2) is 0 Å². The van der Waals surface area contributed by atoms with E-state index >= 15 is 0 Å². The van der Waals surface area contributed by atoms with Crippen molar-refractivity contribution in [1.29, 1.82) is 0 Å². The van der Waals surface area contributed by atoms with Crippen LogP contribution in [-0.2, 0) is 11.2 Å². The number of rotatable bonds is 5. The first kappa shape index (κ1) is 17.7. The molecule has 4 rings (SSSR count). The minimum absolute atomic E-state index is 0.138. The van der Waals surface area contributed by atoms with Gasteiger partial charge in [-0.15, -0.1) is 0 Å². The molecule has 0 unspecified atom stereocenters. The molecule has 0 atom stereocenters. The minimum Gasteiger partial charge on any atom is -0.361 e. The highest BCUT2D eigenvalue weighted by Gasteiger charge is 2.10. The molecular weight excluding hydrogens is 362 g/mol. The Morgan fingerprint density at radius 2 is 1.93 bits per heavy atom. The predicted molar refractivity (Wildman–Crippen MR) is 105 cm³/mol. The molecule has 0 aliphatic carbocycles. The second kappa shape index (κ2) is 7.48. The molecule has 1 amide bonds. The van der Waals surface area contributed by atoms with Crippen molar-refractivity contribution >= 4 is 34.0 Å². The van der Waals surface area contributed by atoms with E-state index in [2.05, 4.69) is 20.6 Å². The lowest BCUT2D eigenvalue weighted by molar-refractivity contribution is -0.115. The summed E-state index contributed by atoms with van der Waals surface area (Å²) < 4.78 is 26.7. The number of hydrogen-bond donors (Lipinski definition) is 3. The first-order valence-electron chi connectivity index (χ1n) is 8.61. The molecule has 28 heavy (non-hydrogen) atoms. The smallest absolute Gasteiger partial charge is 0.230 e. The van der Waals surface area contributed by atoms with Gasteiger partial charge in [-0.2, -0.15) is 0 Å². The van der Waals surface area contributed by atoms with Crippen LogP contribution in [0.1, 0.15) is 5.56 Å². The maximum Gasteiger partial charge on any atom is 0.230 e. The lowest BCUT2D eigenvalue weighted by Crippen LogP contribution is -2.15. The number of aromatic nitrogens is 2. The van der Waals surface area contributed by atoms with Gasteiger partial charge >= 0.3 is 0 Å². The molecule has 2 aromatic heterocycles. The first-order chi connectivity index (χ1) is 13.6. The predicted octanol–water partition coefficient (Wildman–Crippen LogP) is 4.77. The van der Waals surface area contributed by atoms with Gasteiger partial charge in [0.25, 0.3) is 0 Å². The first-order valence-corrected chi connectivity index (χ1v) is 8.61. The number of pyridine rings is 1. The number of anilines is 3. The Morgan fingerprint density at radius 1 is 1.07 bits per heavy atom. The molecule has 4 aromatic rings. The molecule has 5 nitrogen and oxygen atoms in total.